The average molecular weight is 242 g/mol. The first kappa shape index (κ1) is 11.6. The fraction of sp³-hybridized carbons (Fsp3) is 0.273. The van der Waals surface area contributed by atoms with Crippen molar-refractivity contribution >= 4 is 11.6 Å². The summed E-state index contributed by atoms with van der Waals surface area (Å²) >= 11 is 0. The highest BCUT2D eigenvalue weighted by Crippen LogP contribution is 2.29. The minimum Gasteiger partial charge on any atom is -0.273 e. The van der Waals surface area contributed by atoms with Crippen LogP contribution in [0.5, 0.6) is 0 Å². The highest BCUT2D eigenvalue weighted by molar-refractivity contribution is 6.13. The van der Waals surface area contributed by atoms with Gasteiger partial charge in [-0.15, -0.1) is 0 Å². The van der Waals surface area contributed by atoms with Crippen LogP contribution in [-0.4, -0.2) is 23.7 Å². The number of halogens is 3. The molecule has 0 bridgehead atoms. The first-order valence-electron chi connectivity index (χ1n) is 4.89. The van der Waals surface area contributed by atoms with E-state index in [9.17, 15) is 18.0 Å². The summed E-state index contributed by atoms with van der Waals surface area (Å²) in [7, 11) is 1.51. The van der Waals surface area contributed by atoms with Crippen molar-refractivity contribution in [3.63, 3.8) is 0 Å². The van der Waals surface area contributed by atoms with Gasteiger partial charge >= 0.3 is 6.18 Å². The fourth-order valence-corrected chi connectivity index (χ4v) is 1.54. The predicted molar refractivity (Wildman–Crippen MR) is 55.4 cm³/mol. The van der Waals surface area contributed by atoms with Crippen LogP contribution >= 0.6 is 0 Å². The number of benzene rings is 1. The van der Waals surface area contributed by atoms with Crippen molar-refractivity contribution in [1.29, 1.82) is 0 Å². The van der Waals surface area contributed by atoms with Crippen molar-refractivity contribution in [3.8, 4) is 0 Å². The second-order valence-corrected chi connectivity index (χ2v) is 3.72. The topological polar surface area (TPSA) is 32.7 Å². The SMILES string of the molecule is CN1N=C(c2ccc(C(F)(F)F)cc2)CC1=O. The zero-order valence-electron chi connectivity index (χ0n) is 8.95. The van der Waals surface area contributed by atoms with Gasteiger partial charge < -0.3 is 0 Å². The first-order chi connectivity index (χ1) is 7.88. The Kier molecular flexibility index (Phi) is 2.65. The lowest BCUT2D eigenvalue weighted by Gasteiger charge is -2.06. The van der Waals surface area contributed by atoms with Gasteiger partial charge in [0.05, 0.1) is 17.7 Å². The van der Waals surface area contributed by atoms with Crippen LogP contribution in [-0.2, 0) is 11.0 Å². The average Bonchev–Trinajstić information content (AvgIpc) is 2.58. The summed E-state index contributed by atoms with van der Waals surface area (Å²) in [5, 5.41) is 5.14. The number of carbonyl (C=O) groups is 1. The van der Waals surface area contributed by atoms with Crippen LogP contribution in [0, 0.1) is 0 Å². The molecule has 17 heavy (non-hydrogen) atoms. The molecule has 1 aromatic carbocycles. The highest BCUT2D eigenvalue weighted by atomic mass is 19.4. The Labute approximate surface area is 95.5 Å². The number of hydrogen-bond donors (Lipinski definition) is 0. The van der Waals surface area contributed by atoms with Gasteiger partial charge in [0, 0.05) is 7.05 Å². The minimum absolute atomic E-state index is 0.127. The second-order valence-electron chi connectivity index (χ2n) is 3.72. The number of alkyl halides is 3. The molecule has 0 unspecified atom stereocenters. The number of amides is 1. The van der Waals surface area contributed by atoms with Crippen molar-refractivity contribution in [2.45, 2.75) is 12.6 Å². The van der Waals surface area contributed by atoms with E-state index in [2.05, 4.69) is 5.10 Å². The molecule has 0 saturated heterocycles. The van der Waals surface area contributed by atoms with Crippen molar-refractivity contribution in [2.24, 2.45) is 5.10 Å². The zero-order valence-corrected chi connectivity index (χ0v) is 8.95. The van der Waals surface area contributed by atoms with E-state index in [1.807, 2.05) is 0 Å². The lowest BCUT2D eigenvalue weighted by molar-refractivity contribution is -0.137. The molecule has 0 spiro atoms. The Morgan fingerprint density at radius 3 is 2.24 bits per heavy atom. The molecule has 1 aliphatic heterocycles. The fourth-order valence-electron chi connectivity index (χ4n) is 1.54. The molecule has 1 aliphatic rings. The van der Waals surface area contributed by atoms with Gasteiger partial charge in [0.25, 0.3) is 0 Å². The molecule has 1 aromatic rings. The van der Waals surface area contributed by atoms with Gasteiger partial charge in [-0.05, 0) is 17.7 Å². The zero-order chi connectivity index (χ0) is 12.6. The summed E-state index contributed by atoms with van der Waals surface area (Å²) in [6.45, 7) is 0. The molecule has 2 rings (SSSR count). The molecule has 0 saturated carbocycles. The third-order valence-electron chi connectivity index (χ3n) is 2.50. The number of carbonyl (C=O) groups excluding carboxylic acids is 1. The van der Waals surface area contributed by atoms with E-state index in [0.29, 0.717) is 11.3 Å². The molecule has 1 amide bonds. The van der Waals surface area contributed by atoms with E-state index in [0.717, 1.165) is 12.1 Å². The lowest BCUT2D eigenvalue weighted by Crippen LogP contribution is -2.14. The molecule has 90 valence electrons. The van der Waals surface area contributed by atoms with Gasteiger partial charge in [0.15, 0.2) is 0 Å². The third kappa shape index (κ3) is 2.30. The maximum absolute atomic E-state index is 12.3. The van der Waals surface area contributed by atoms with Gasteiger partial charge in [-0.2, -0.15) is 18.3 Å². The molecule has 0 fully saturated rings. The predicted octanol–water partition coefficient (Wildman–Crippen LogP) is 2.27. The van der Waals surface area contributed by atoms with Crippen molar-refractivity contribution in [2.75, 3.05) is 7.05 Å². The van der Waals surface area contributed by atoms with Crippen LogP contribution in [0.4, 0.5) is 13.2 Å². The third-order valence-corrected chi connectivity index (χ3v) is 2.50. The maximum atomic E-state index is 12.3. The van der Waals surface area contributed by atoms with E-state index in [1.54, 1.807) is 0 Å². The molecule has 6 heteroatoms. The van der Waals surface area contributed by atoms with E-state index >= 15 is 0 Å². The summed E-state index contributed by atoms with van der Waals surface area (Å²) in [6.07, 6.45) is -4.22. The Hall–Kier alpha value is -1.85. The molecule has 3 nitrogen and oxygen atoms in total. The van der Waals surface area contributed by atoms with Gasteiger partial charge in [0.1, 0.15) is 0 Å². The van der Waals surface area contributed by atoms with Crippen LogP contribution in [0.25, 0.3) is 0 Å². The molecule has 0 aliphatic carbocycles. The van der Waals surface area contributed by atoms with Crippen molar-refractivity contribution in [3.05, 3.63) is 35.4 Å². The summed E-state index contributed by atoms with van der Waals surface area (Å²) in [5.41, 5.74) is 0.321. The van der Waals surface area contributed by atoms with Gasteiger partial charge in [-0.3, -0.25) is 4.79 Å². The van der Waals surface area contributed by atoms with Crippen molar-refractivity contribution < 1.29 is 18.0 Å². The molecular weight excluding hydrogens is 233 g/mol. The van der Waals surface area contributed by atoms with Gasteiger partial charge in [0.2, 0.25) is 5.91 Å². The standard InChI is InChI=1S/C11H9F3N2O/c1-16-10(17)6-9(15-16)7-2-4-8(5-3-7)11(12,13)14/h2-5H,6H2,1H3. The number of nitrogens with zero attached hydrogens (tertiary/aromatic N) is 2. The van der Waals surface area contributed by atoms with Gasteiger partial charge in [-0.1, -0.05) is 12.1 Å². The number of hydrazone groups is 1. The molecule has 1 heterocycles. The van der Waals surface area contributed by atoms with Crippen molar-refractivity contribution in [1.82, 2.24) is 5.01 Å². The van der Waals surface area contributed by atoms with Crippen LogP contribution in [0.3, 0.4) is 0 Å². The lowest BCUT2D eigenvalue weighted by atomic mass is 10.1. The van der Waals surface area contributed by atoms with E-state index in [-0.39, 0.29) is 12.3 Å². The van der Waals surface area contributed by atoms with Crippen LogP contribution in [0.1, 0.15) is 17.5 Å². The van der Waals surface area contributed by atoms with E-state index < -0.39 is 11.7 Å². The molecular formula is C11H9F3N2O. The smallest absolute Gasteiger partial charge is 0.273 e. The normalized spacial score (nSPS) is 16.4. The molecule has 0 N–H and O–H groups in total. The van der Waals surface area contributed by atoms with Crippen LogP contribution < -0.4 is 0 Å². The molecule has 0 aromatic heterocycles. The quantitative estimate of drug-likeness (QED) is 0.743. The Morgan fingerprint density at radius 2 is 1.82 bits per heavy atom. The van der Waals surface area contributed by atoms with Crippen LogP contribution in [0.2, 0.25) is 0 Å². The molecule has 0 atom stereocenters. The molecule has 0 radical (unpaired) electrons. The van der Waals surface area contributed by atoms with Crippen LogP contribution in [0.15, 0.2) is 29.4 Å². The summed E-state index contributed by atoms with van der Waals surface area (Å²) in [6, 6.07) is 4.63. The summed E-state index contributed by atoms with van der Waals surface area (Å²) in [5.74, 6) is -0.167. The highest BCUT2D eigenvalue weighted by Gasteiger charge is 2.30. The second kappa shape index (κ2) is 3.87. The number of rotatable bonds is 1. The Bertz CT molecular complexity index is 476. The monoisotopic (exact) mass is 242 g/mol. The Balaban J connectivity index is 2.26. The summed E-state index contributed by atoms with van der Waals surface area (Å²) in [4.78, 5) is 11.2. The van der Waals surface area contributed by atoms with E-state index in [1.165, 1.54) is 24.2 Å². The first-order valence-corrected chi connectivity index (χ1v) is 4.89. The number of hydrogen-bond acceptors (Lipinski definition) is 2. The Morgan fingerprint density at radius 1 is 1.24 bits per heavy atom. The summed E-state index contributed by atoms with van der Waals surface area (Å²) < 4.78 is 37.0. The van der Waals surface area contributed by atoms with E-state index in [4.69, 9.17) is 0 Å². The van der Waals surface area contributed by atoms with Gasteiger partial charge in [-0.25, -0.2) is 5.01 Å². The largest absolute Gasteiger partial charge is 0.416 e. The maximum Gasteiger partial charge on any atom is 0.416 e. The minimum atomic E-state index is -4.34.